The smallest absolute Gasteiger partial charge is 0.332 e. The highest BCUT2D eigenvalue weighted by Crippen LogP contribution is 2.17. The molecule has 2 aromatic heterocycles. The number of likely N-dealkylation sites (tertiary alicyclic amines) is 1. The van der Waals surface area contributed by atoms with Crippen LogP contribution in [0.4, 0.5) is 0 Å². The molecule has 8 heteroatoms. The van der Waals surface area contributed by atoms with Crippen LogP contribution < -0.4 is 16.1 Å². The first kappa shape index (κ1) is 21.5. The number of hydrogen-bond acceptors (Lipinski definition) is 4. The molecule has 0 aliphatic carbocycles. The van der Waals surface area contributed by atoms with E-state index in [-0.39, 0.29) is 11.2 Å². The van der Waals surface area contributed by atoms with E-state index in [1.807, 2.05) is 4.57 Å². The Morgan fingerprint density at radius 2 is 1.81 bits per heavy atom. The van der Waals surface area contributed by atoms with E-state index >= 15 is 0 Å². The van der Waals surface area contributed by atoms with Crippen molar-refractivity contribution in [2.24, 2.45) is 20.0 Å². The van der Waals surface area contributed by atoms with Crippen molar-refractivity contribution in [2.75, 3.05) is 26.8 Å². The summed E-state index contributed by atoms with van der Waals surface area (Å²) >= 11 is 0. The third kappa shape index (κ3) is 4.36. The zero-order chi connectivity index (χ0) is 22.0. The van der Waals surface area contributed by atoms with Crippen molar-refractivity contribution < 1.29 is 9.64 Å². The van der Waals surface area contributed by atoms with Gasteiger partial charge in [-0.25, -0.2) is 9.78 Å². The van der Waals surface area contributed by atoms with Gasteiger partial charge >= 0.3 is 5.69 Å². The second-order valence-corrected chi connectivity index (χ2v) is 8.61. The van der Waals surface area contributed by atoms with E-state index in [1.165, 1.54) is 34.9 Å². The normalized spacial score (nSPS) is 19.2. The molecule has 0 radical (unpaired) electrons. The molecule has 1 aromatic carbocycles. The zero-order valence-electron chi connectivity index (χ0n) is 18.6. The molecule has 31 heavy (non-hydrogen) atoms. The number of fused-ring (bicyclic) bond motifs is 1. The van der Waals surface area contributed by atoms with Crippen molar-refractivity contribution in [1.29, 1.82) is 0 Å². The number of rotatable bonds is 7. The molecule has 1 fully saturated rings. The van der Waals surface area contributed by atoms with E-state index in [2.05, 4.69) is 30.3 Å². The maximum Gasteiger partial charge on any atom is 0.332 e. The van der Waals surface area contributed by atoms with Crippen LogP contribution in [-0.4, -0.2) is 45.5 Å². The second kappa shape index (κ2) is 9.20. The maximum atomic E-state index is 12.8. The summed E-state index contributed by atoms with van der Waals surface area (Å²) in [6.45, 7) is 3.94. The zero-order valence-corrected chi connectivity index (χ0v) is 18.6. The fraction of sp³-hybridized carbons (Fsp3) is 0.522. The second-order valence-electron chi connectivity index (χ2n) is 8.61. The molecule has 0 spiro atoms. The van der Waals surface area contributed by atoms with Crippen LogP contribution in [0.25, 0.3) is 11.2 Å². The number of benzene rings is 1. The Labute approximate surface area is 181 Å². The van der Waals surface area contributed by atoms with Crippen molar-refractivity contribution in [1.82, 2.24) is 18.7 Å². The summed E-state index contributed by atoms with van der Waals surface area (Å²) in [6.07, 6.45) is 3.50. The summed E-state index contributed by atoms with van der Waals surface area (Å²) in [7, 11) is 4.83. The van der Waals surface area contributed by atoms with E-state index in [1.54, 1.807) is 14.2 Å². The number of piperidine rings is 1. The van der Waals surface area contributed by atoms with E-state index in [0.29, 0.717) is 30.2 Å². The summed E-state index contributed by atoms with van der Waals surface area (Å²) < 4.78 is 9.83. The van der Waals surface area contributed by atoms with E-state index in [0.717, 1.165) is 36.4 Å². The monoisotopic (exact) mass is 426 g/mol. The van der Waals surface area contributed by atoms with E-state index < -0.39 is 0 Å². The lowest BCUT2D eigenvalue weighted by molar-refractivity contribution is -0.920. The molecular formula is C23H32N5O3+. The van der Waals surface area contributed by atoms with Crippen molar-refractivity contribution in [2.45, 2.75) is 32.4 Å². The highest BCUT2D eigenvalue weighted by Gasteiger charge is 2.26. The molecule has 0 atom stereocenters. The highest BCUT2D eigenvalue weighted by atomic mass is 16.5. The van der Waals surface area contributed by atoms with Crippen molar-refractivity contribution >= 4 is 11.2 Å². The molecule has 0 unspecified atom stereocenters. The fourth-order valence-corrected chi connectivity index (χ4v) is 4.69. The predicted octanol–water partition coefficient (Wildman–Crippen LogP) is 0.118. The lowest BCUT2D eigenvalue weighted by Crippen LogP contribution is -3.11. The lowest BCUT2D eigenvalue weighted by Gasteiger charge is -2.29. The third-order valence-corrected chi connectivity index (χ3v) is 6.53. The molecule has 1 saturated heterocycles. The van der Waals surface area contributed by atoms with Crippen LogP contribution in [0.15, 0.2) is 39.9 Å². The minimum Gasteiger partial charge on any atom is -0.383 e. The van der Waals surface area contributed by atoms with E-state index in [4.69, 9.17) is 9.72 Å². The average Bonchev–Trinajstić information content (AvgIpc) is 3.15. The Morgan fingerprint density at radius 3 is 2.48 bits per heavy atom. The molecule has 0 bridgehead atoms. The topological polar surface area (TPSA) is 75.5 Å². The predicted molar refractivity (Wildman–Crippen MR) is 119 cm³/mol. The quantitative estimate of drug-likeness (QED) is 0.582. The first-order valence-electron chi connectivity index (χ1n) is 11.0. The molecule has 3 aromatic rings. The first-order valence-corrected chi connectivity index (χ1v) is 11.0. The number of aryl methyl sites for hydroxylation is 1. The summed E-state index contributed by atoms with van der Waals surface area (Å²) in [6, 6.07) is 10.7. The van der Waals surface area contributed by atoms with Crippen molar-refractivity contribution in [3.63, 3.8) is 0 Å². The highest BCUT2D eigenvalue weighted by molar-refractivity contribution is 5.71. The van der Waals surface area contributed by atoms with Gasteiger partial charge in [0.2, 0.25) is 0 Å². The summed E-state index contributed by atoms with van der Waals surface area (Å²) in [5, 5.41) is 0. The Balaban J connectivity index is 1.54. The molecule has 1 aliphatic rings. The van der Waals surface area contributed by atoms with Crippen molar-refractivity contribution in [3.8, 4) is 0 Å². The number of ether oxygens (including phenoxy) is 1. The molecule has 1 N–H and O–H groups in total. The van der Waals surface area contributed by atoms with Gasteiger partial charge in [0, 0.05) is 27.7 Å². The van der Waals surface area contributed by atoms with Crippen LogP contribution in [0.2, 0.25) is 0 Å². The van der Waals surface area contributed by atoms with E-state index in [9.17, 15) is 9.59 Å². The van der Waals surface area contributed by atoms with Crippen molar-refractivity contribution in [3.05, 3.63) is 62.6 Å². The molecule has 3 heterocycles. The number of hydrogen-bond donors (Lipinski definition) is 1. The number of aromatic nitrogens is 4. The molecular weight excluding hydrogens is 394 g/mol. The average molecular weight is 427 g/mol. The van der Waals surface area contributed by atoms with Crippen LogP contribution in [0.1, 0.15) is 24.2 Å². The third-order valence-electron chi connectivity index (χ3n) is 6.53. The number of nitrogens with zero attached hydrogens (tertiary/aromatic N) is 4. The minimum absolute atomic E-state index is 0.301. The van der Waals surface area contributed by atoms with Crippen LogP contribution in [0.5, 0.6) is 0 Å². The van der Waals surface area contributed by atoms with Gasteiger partial charge in [-0.3, -0.25) is 13.9 Å². The molecule has 8 nitrogen and oxygen atoms in total. The van der Waals surface area contributed by atoms with Gasteiger partial charge in [0.1, 0.15) is 6.54 Å². The molecule has 4 rings (SSSR count). The SMILES string of the molecule is COCCn1c(C[NH+]2CCC(Cc3ccccc3)CC2)nc2c1c(=O)n(C)c(=O)n2C. The van der Waals surface area contributed by atoms with Gasteiger partial charge in [0.15, 0.2) is 17.0 Å². The van der Waals surface area contributed by atoms with Gasteiger partial charge in [-0.05, 0) is 30.7 Å². The number of quaternary nitrogens is 1. The Morgan fingerprint density at radius 1 is 1.10 bits per heavy atom. The summed E-state index contributed by atoms with van der Waals surface area (Å²) in [5.74, 6) is 1.56. The molecule has 0 saturated carbocycles. The minimum atomic E-state index is -0.352. The Kier molecular flexibility index (Phi) is 6.38. The maximum absolute atomic E-state index is 12.8. The van der Waals surface area contributed by atoms with Gasteiger partial charge in [0.25, 0.3) is 5.56 Å². The van der Waals surface area contributed by atoms with Gasteiger partial charge in [0.05, 0.1) is 19.7 Å². The van der Waals surface area contributed by atoms with Gasteiger partial charge < -0.3 is 14.2 Å². The van der Waals surface area contributed by atoms with Crippen LogP contribution in [0.3, 0.4) is 0 Å². The Hall–Kier alpha value is -2.71. The van der Waals surface area contributed by atoms with Gasteiger partial charge in [-0.1, -0.05) is 30.3 Å². The first-order chi connectivity index (χ1) is 15.0. The Bertz CT molecular complexity index is 1150. The van der Waals surface area contributed by atoms with Crippen LogP contribution in [0, 0.1) is 5.92 Å². The number of imidazole rings is 1. The fourth-order valence-electron chi connectivity index (χ4n) is 4.69. The standard InChI is InChI=1S/C23H31N5O3/c1-25-21-20(22(29)26(2)23(25)30)28(13-14-31-3)19(24-21)16-27-11-9-18(10-12-27)15-17-7-5-4-6-8-17/h4-8,18H,9-16H2,1-3H3/p+1. The van der Waals surface area contributed by atoms with Crippen LogP contribution in [-0.2, 0) is 38.3 Å². The molecule has 0 amide bonds. The lowest BCUT2D eigenvalue weighted by atomic mass is 9.90. The summed E-state index contributed by atoms with van der Waals surface area (Å²) in [4.78, 5) is 31.4. The largest absolute Gasteiger partial charge is 0.383 e. The molecule has 166 valence electrons. The summed E-state index contributed by atoms with van der Waals surface area (Å²) in [5.41, 5.74) is 1.70. The van der Waals surface area contributed by atoms with Gasteiger partial charge in [-0.15, -0.1) is 0 Å². The molecule has 1 aliphatic heterocycles. The van der Waals surface area contributed by atoms with Crippen LogP contribution >= 0.6 is 0 Å². The van der Waals surface area contributed by atoms with Gasteiger partial charge in [-0.2, -0.15) is 0 Å². The number of nitrogens with one attached hydrogen (secondary N) is 1. The number of methoxy groups -OCH3 is 1.